The summed E-state index contributed by atoms with van der Waals surface area (Å²) in [5.74, 6) is 1.34. The Labute approximate surface area is 169 Å². The molecule has 8 heteroatoms. The molecule has 0 saturated carbocycles. The molecule has 2 saturated heterocycles. The van der Waals surface area contributed by atoms with E-state index in [0.717, 1.165) is 64.5 Å². The zero-order chi connectivity index (χ0) is 16.8. The second-order valence-electron chi connectivity index (χ2n) is 6.75. The SMILES string of the molecule is CN(C(=O)CCN1CCN(c2ccccn2)CC1)C1CCNCC1.Cl.Cl. The predicted molar refractivity (Wildman–Crippen MR) is 111 cm³/mol. The van der Waals surface area contributed by atoms with E-state index in [1.54, 1.807) is 0 Å². The highest BCUT2D eigenvalue weighted by Crippen LogP contribution is 2.14. The lowest BCUT2D eigenvalue weighted by atomic mass is 10.1. The normalized spacial score (nSPS) is 18.6. The summed E-state index contributed by atoms with van der Waals surface area (Å²) in [7, 11) is 1.97. The number of aromatic nitrogens is 1. The van der Waals surface area contributed by atoms with Crippen molar-refractivity contribution in [3.8, 4) is 0 Å². The van der Waals surface area contributed by atoms with E-state index >= 15 is 0 Å². The van der Waals surface area contributed by atoms with Crippen molar-refractivity contribution in [3.05, 3.63) is 24.4 Å². The van der Waals surface area contributed by atoms with Crippen LogP contribution in [0.1, 0.15) is 19.3 Å². The molecule has 2 aliphatic heterocycles. The van der Waals surface area contributed by atoms with E-state index in [1.165, 1.54) is 0 Å². The standard InChI is InChI=1S/C18H29N5O.2ClH/c1-21(16-5-9-19-10-6-16)18(24)7-11-22-12-14-23(15-13-22)17-4-2-3-8-20-17;;/h2-4,8,16,19H,5-7,9-15H2,1H3;2*1H. The molecule has 3 heterocycles. The minimum absolute atomic E-state index is 0. The largest absolute Gasteiger partial charge is 0.354 e. The van der Waals surface area contributed by atoms with Crippen molar-refractivity contribution in [2.24, 2.45) is 0 Å². The summed E-state index contributed by atoms with van der Waals surface area (Å²) < 4.78 is 0. The Morgan fingerprint density at radius 1 is 1.19 bits per heavy atom. The lowest BCUT2D eigenvalue weighted by Crippen LogP contribution is -2.48. The van der Waals surface area contributed by atoms with Crippen LogP contribution in [0.3, 0.4) is 0 Å². The van der Waals surface area contributed by atoms with E-state index in [2.05, 4.69) is 26.2 Å². The minimum Gasteiger partial charge on any atom is -0.354 e. The van der Waals surface area contributed by atoms with Crippen molar-refractivity contribution in [1.82, 2.24) is 20.1 Å². The zero-order valence-electron chi connectivity index (χ0n) is 15.5. The lowest BCUT2D eigenvalue weighted by Gasteiger charge is -2.36. The number of hydrogen-bond acceptors (Lipinski definition) is 5. The minimum atomic E-state index is 0. The van der Waals surface area contributed by atoms with Crippen LogP contribution in [0, 0.1) is 0 Å². The van der Waals surface area contributed by atoms with Crippen molar-refractivity contribution in [2.45, 2.75) is 25.3 Å². The van der Waals surface area contributed by atoms with Gasteiger partial charge in [0.15, 0.2) is 0 Å². The molecule has 0 unspecified atom stereocenters. The van der Waals surface area contributed by atoms with Crippen molar-refractivity contribution in [3.63, 3.8) is 0 Å². The molecule has 1 aromatic rings. The first kappa shape index (κ1) is 23.0. The summed E-state index contributed by atoms with van der Waals surface area (Å²) in [4.78, 5) is 23.5. The summed E-state index contributed by atoms with van der Waals surface area (Å²) in [5.41, 5.74) is 0. The molecule has 1 N–H and O–H groups in total. The molecule has 0 aromatic carbocycles. The van der Waals surface area contributed by atoms with Crippen LogP contribution >= 0.6 is 24.8 Å². The summed E-state index contributed by atoms with van der Waals surface area (Å²) >= 11 is 0. The number of carbonyl (C=O) groups is 1. The Morgan fingerprint density at radius 2 is 1.88 bits per heavy atom. The van der Waals surface area contributed by atoms with Gasteiger partial charge in [0, 0.05) is 58.4 Å². The number of pyridine rings is 1. The first-order valence-electron chi connectivity index (χ1n) is 9.09. The molecule has 1 amide bonds. The highest BCUT2D eigenvalue weighted by atomic mass is 35.5. The number of anilines is 1. The fourth-order valence-electron chi connectivity index (χ4n) is 3.57. The predicted octanol–water partition coefficient (Wildman–Crippen LogP) is 1.65. The molecular formula is C18H31Cl2N5O. The summed E-state index contributed by atoms with van der Waals surface area (Å²) in [6, 6.07) is 6.46. The molecule has 6 nitrogen and oxygen atoms in total. The molecule has 2 fully saturated rings. The number of hydrogen-bond donors (Lipinski definition) is 1. The van der Waals surface area contributed by atoms with Crippen LogP contribution in [0.4, 0.5) is 5.82 Å². The highest BCUT2D eigenvalue weighted by molar-refractivity contribution is 5.85. The molecule has 0 atom stereocenters. The fourth-order valence-corrected chi connectivity index (χ4v) is 3.57. The molecule has 26 heavy (non-hydrogen) atoms. The Hall–Kier alpha value is -1.08. The van der Waals surface area contributed by atoms with Crippen LogP contribution in [0.5, 0.6) is 0 Å². The number of amides is 1. The van der Waals surface area contributed by atoms with Gasteiger partial charge in [-0.2, -0.15) is 0 Å². The topological polar surface area (TPSA) is 51.7 Å². The molecule has 0 spiro atoms. The van der Waals surface area contributed by atoms with Gasteiger partial charge in [0.05, 0.1) is 0 Å². The van der Waals surface area contributed by atoms with E-state index in [0.29, 0.717) is 12.5 Å². The molecule has 0 aliphatic carbocycles. The molecule has 0 radical (unpaired) electrons. The van der Waals surface area contributed by atoms with Crippen molar-refractivity contribution >= 4 is 36.5 Å². The number of halogens is 2. The van der Waals surface area contributed by atoms with Gasteiger partial charge in [0.2, 0.25) is 5.91 Å². The third kappa shape index (κ3) is 6.27. The molecule has 0 bridgehead atoms. The monoisotopic (exact) mass is 403 g/mol. The van der Waals surface area contributed by atoms with Crippen LogP contribution in [-0.4, -0.2) is 79.6 Å². The van der Waals surface area contributed by atoms with Gasteiger partial charge in [0.1, 0.15) is 5.82 Å². The van der Waals surface area contributed by atoms with Gasteiger partial charge in [-0.3, -0.25) is 9.69 Å². The second-order valence-corrected chi connectivity index (χ2v) is 6.75. The molecular weight excluding hydrogens is 373 g/mol. The average Bonchev–Trinajstić information content (AvgIpc) is 2.67. The maximum atomic E-state index is 12.4. The third-order valence-corrected chi connectivity index (χ3v) is 5.24. The van der Waals surface area contributed by atoms with Gasteiger partial charge in [-0.25, -0.2) is 4.98 Å². The van der Waals surface area contributed by atoms with Gasteiger partial charge in [0.25, 0.3) is 0 Å². The number of nitrogens with one attached hydrogen (secondary N) is 1. The van der Waals surface area contributed by atoms with E-state index in [4.69, 9.17) is 0 Å². The van der Waals surface area contributed by atoms with Gasteiger partial charge in [-0.05, 0) is 38.1 Å². The van der Waals surface area contributed by atoms with Crippen LogP contribution in [0.2, 0.25) is 0 Å². The Morgan fingerprint density at radius 3 is 2.50 bits per heavy atom. The van der Waals surface area contributed by atoms with Crippen molar-refractivity contribution < 1.29 is 4.79 Å². The van der Waals surface area contributed by atoms with Crippen LogP contribution in [0.15, 0.2) is 24.4 Å². The smallest absolute Gasteiger partial charge is 0.223 e. The molecule has 2 aliphatic rings. The highest BCUT2D eigenvalue weighted by Gasteiger charge is 2.23. The number of nitrogens with zero attached hydrogens (tertiary/aromatic N) is 4. The van der Waals surface area contributed by atoms with Gasteiger partial charge >= 0.3 is 0 Å². The summed E-state index contributed by atoms with van der Waals surface area (Å²) in [6.45, 7) is 6.88. The first-order chi connectivity index (χ1) is 11.7. The van der Waals surface area contributed by atoms with E-state index < -0.39 is 0 Å². The van der Waals surface area contributed by atoms with E-state index in [9.17, 15) is 4.79 Å². The number of piperazine rings is 1. The average molecular weight is 404 g/mol. The zero-order valence-corrected chi connectivity index (χ0v) is 17.1. The first-order valence-corrected chi connectivity index (χ1v) is 9.09. The van der Waals surface area contributed by atoms with Gasteiger partial charge in [-0.15, -0.1) is 24.8 Å². The van der Waals surface area contributed by atoms with E-state index in [1.807, 2.05) is 30.3 Å². The number of carbonyl (C=O) groups excluding carboxylic acids is 1. The quantitative estimate of drug-likeness (QED) is 0.809. The number of piperidine rings is 1. The molecule has 148 valence electrons. The maximum Gasteiger partial charge on any atom is 0.223 e. The van der Waals surface area contributed by atoms with Crippen LogP contribution < -0.4 is 10.2 Å². The Kier molecular flexibility index (Phi) is 10.2. The van der Waals surface area contributed by atoms with Crippen LogP contribution in [-0.2, 0) is 4.79 Å². The maximum absolute atomic E-state index is 12.4. The lowest BCUT2D eigenvalue weighted by molar-refractivity contribution is -0.132. The van der Waals surface area contributed by atoms with Crippen LogP contribution in [0.25, 0.3) is 0 Å². The molecule has 1 aromatic heterocycles. The fraction of sp³-hybridized carbons (Fsp3) is 0.667. The third-order valence-electron chi connectivity index (χ3n) is 5.24. The number of rotatable bonds is 5. The summed E-state index contributed by atoms with van der Waals surface area (Å²) in [5, 5.41) is 3.35. The van der Waals surface area contributed by atoms with E-state index in [-0.39, 0.29) is 30.7 Å². The van der Waals surface area contributed by atoms with Crippen molar-refractivity contribution in [1.29, 1.82) is 0 Å². The van der Waals surface area contributed by atoms with Gasteiger partial charge < -0.3 is 15.1 Å². The van der Waals surface area contributed by atoms with Crippen molar-refractivity contribution in [2.75, 3.05) is 57.8 Å². The Bertz CT molecular complexity index is 520. The molecule has 3 rings (SSSR count). The second kappa shape index (κ2) is 11.6. The van der Waals surface area contributed by atoms with Gasteiger partial charge in [-0.1, -0.05) is 6.07 Å². The summed E-state index contributed by atoms with van der Waals surface area (Å²) in [6.07, 6.45) is 4.62. The Balaban J connectivity index is 0.00000169.